The minimum Gasteiger partial charge on any atom is -0.379 e. The van der Waals surface area contributed by atoms with E-state index >= 15 is 0 Å². The number of nitrogens with one attached hydrogen (secondary N) is 1. The Balaban J connectivity index is 0.00000261. The summed E-state index contributed by atoms with van der Waals surface area (Å²) in [7, 11) is 0. The van der Waals surface area contributed by atoms with Crippen LogP contribution < -0.4 is 5.32 Å². The number of likely N-dealkylation sites (tertiary alicyclic amines) is 1. The smallest absolute Gasteiger partial charge is 0.193 e. The van der Waals surface area contributed by atoms with Crippen molar-refractivity contribution in [3.8, 4) is 0 Å². The Kier molecular flexibility index (Phi) is 9.86. The van der Waals surface area contributed by atoms with Crippen LogP contribution in [0.3, 0.4) is 0 Å². The minimum absolute atomic E-state index is 0. The largest absolute Gasteiger partial charge is 0.379 e. The normalized spacial score (nSPS) is 24.4. The van der Waals surface area contributed by atoms with Crippen LogP contribution in [0.25, 0.3) is 0 Å². The van der Waals surface area contributed by atoms with Crippen molar-refractivity contribution in [2.45, 2.75) is 26.2 Å². The van der Waals surface area contributed by atoms with E-state index in [0.717, 1.165) is 65.0 Å². The van der Waals surface area contributed by atoms with E-state index in [0.29, 0.717) is 11.8 Å². The van der Waals surface area contributed by atoms with E-state index in [1.807, 2.05) is 0 Å². The lowest BCUT2D eigenvalue weighted by Gasteiger charge is -2.39. The first-order chi connectivity index (χ1) is 12.8. The molecule has 2 saturated heterocycles. The molecule has 1 aromatic rings. The number of ether oxygens (including phenoxy) is 1. The highest BCUT2D eigenvalue weighted by Crippen LogP contribution is 2.32. The van der Waals surface area contributed by atoms with Gasteiger partial charge in [-0.05, 0) is 30.7 Å². The average Bonchev–Trinajstić information content (AvgIpc) is 2.69. The van der Waals surface area contributed by atoms with Crippen molar-refractivity contribution in [3.63, 3.8) is 0 Å². The third kappa shape index (κ3) is 6.61. The molecule has 0 saturated carbocycles. The van der Waals surface area contributed by atoms with E-state index < -0.39 is 0 Å². The maximum atomic E-state index is 5.42. The second-order valence-corrected chi connectivity index (χ2v) is 7.42. The fraction of sp³-hybridized carbons (Fsp3) is 0.667. The van der Waals surface area contributed by atoms with Crippen molar-refractivity contribution in [2.24, 2.45) is 10.9 Å². The summed E-state index contributed by atoms with van der Waals surface area (Å²) in [6.07, 6.45) is 1.19. The molecule has 6 heteroatoms. The quantitative estimate of drug-likeness (QED) is 0.395. The van der Waals surface area contributed by atoms with Crippen molar-refractivity contribution < 1.29 is 4.74 Å². The number of guanidine groups is 1. The lowest BCUT2D eigenvalue weighted by atomic mass is 9.82. The molecule has 27 heavy (non-hydrogen) atoms. The summed E-state index contributed by atoms with van der Waals surface area (Å²) in [5, 5.41) is 3.50. The standard InChI is InChI=1S/C21H34N4O.HI/c1-3-22-21(23-10-12-24-13-15-26-16-14-24)25-11-9-20(18(2)17-25)19-7-5-4-6-8-19;/h4-8,18,20H,3,9-17H2,1-2H3,(H,22,23);1H. The zero-order chi connectivity index (χ0) is 18.2. The van der Waals surface area contributed by atoms with Gasteiger partial charge >= 0.3 is 0 Å². The number of aliphatic imine (C=N–C) groups is 1. The van der Waals surface area contributed by atoms with Crippen LogP contribution in [0.4, 0.5) is 0 Å². The molecule has 2 unspecified atom stereocenters. The average molecular weight is 486 g/mol. The van der Waals surface area contributed by atoms with Gasteiger partial charge in [0.1, 0.15) is 0 Å². The van der Waals surface area contributed by atoms with E-state index in [2.05, 4.69) is 59.3 Å². The Morgan fingerprint density at radius 3 is 2.59 bits per heavy atom. The third-order valence-corrected chi connectivity index (χ3v) is 5.55. The molecule has 2 atom stereocenters. The van der Waals surface area contributed by atoms with Crippen molar-refractivity contribution in [3.05, 3.63) is 35.9 Å². The molecule has 2 aliphatic rings. The van der Waals surface area contributed by atoms with Gasteiger partial charge in [0.2, 0.25) is 0 Å². The lowest BCUT2D eigenvalue weighted by Crippen LogP contribution is -2.48. The molecular weight excluding hydrogens is 451 g/mol. The molecule has 2 aliphatic heterocycles. The molecule has 5 nitrogen and oxygen atoms in total. The first-order valence-electron chi connectivity index (χ1n) is 10.2. The first kappa shape index (κ1) is 22.4. The SMILES string of the molecule is CCNC(=NCCN1CCOCC1)N1CCC(c2ccccc2)C(C)C1.I. The van der Waals surface area contributed by atoms with Crippen LogP contribution in [0.5, 0.6) is 0 Å². The van der Waals surface area contributed by atoms with Gasteiger partial charge in [-0.15, -0.1) is 24.0 Å². The van der Waals surface area contributed by atoms with E-state index in [9.17, 15) is 0 Å². The number of halogens is 1. The molecular formula is C21H35IN4O. The fourth-order valence-corrected chi connectivity index (χ4v) is 4.08. The number of rotatable bonds is 5. The maximum absolute atomic E-state index is 5.42. The Morgan fingerprint density at radius 1 is 1.19 bits per heavy atom. The lowest BCUT2D eigenvalue weighted by molar-refractivity contribution is 0.0394. The van der Waals surface area contributed by atoms with Crippen LogP contribution in [0, 0.1) is 5.92 Å². The summed E-state index contributed by atoms with van der Waals surface area (Å²) in [5.74, 6) is 2.37. The molecule has 3 rings (SSSR count). The summed E-state index contributed by atoms with van der Waals surface area (Å²) in [5.41, 5.74) is 1.48. The topological polar surface area (TPSA) is 40.1 Å². The van der Waals surface area contributed by atoms with Crippen LogP contribution in [-0.2, 0) is 4.74 Å². The van der Waals surface area contributed by atoms with Crippen molar-refractivity contribution in [1.29, 1.82) is 0 Å². The van der Waals surface area contributed by atoms with Gasteiger partial charge in [-0.25, -0.2) is 0 Å². The molecule has 2 heterocycles. The zero-order valence-corrected chi connectivity index (χ0v) is 19.1. The van der Waals surface area contributed by atoms with Crippen molar-refractivity contribution >= 4 is 29.9 Å². The third-order valence-electron chi connectivity index (χ3n) is 5.55. The van der Waals surface area contributed by atoms with E-state index in [-0.39, 0.29) is 24.0 Å². The highest BCUT2D eigenvalue weighted by atomic mass is 127. The molecule has 0 radical (unpaired) electrons. The van der Waals surface area contributed by atoms with Gasteiger partial charge in [0.05, 0.1) is 19.8 Å². The summed E-state index contributed by atoms with van der Waals surface area (Å²) in [4.78, 5) is 9.81. The predicted molar refractivity (Wildman–Crippen MR) is 123 cm³/mol. The number of hydrogen-bond acceptors (Lipinski definition) is 3. The van der Waals surface area contributed by atoms with Gasteiger partial charge in [0, 0.05) is 39.3 Å². The minimum atomic E-state index is 0. The number of nitrogens with zero attached hydrogens (tertiary/aromatic N) is 3. The Morgan fingerprint density at radius 2 is 1.93 bits per heavy atom. The number of piperidine rings is 1. The van der Waals surface area contributed by atoms with Crippen LogP contribution in [0.2, 0.25) is 0 Å². The van der Waals surface area contributed by atoms with Crippen molar-refractivity contribution in [2.75, 3.05) is 59.0 Å². The molecule has 2 fully saturated rings. The van der Waals surface area contributed by atoms with Crippen LogP contribution >= 0.6 is 24.0 Å². The number of hydrogen-bond donors (Lipinski definition) is 1. The Hall–Kier alpha value is -0.860. The van der Waals surface area contributed by atoms with Crippen LogP contribution in [0.1, 0.15) is 31.7 Å². The fourth-order valence-electron chi connectivity index (χ4n) is 4.08. The predicted octanol–water partition coefficient (Wildman–Crippen LogP) is 3.03. The monoisotopic (exact) mass is 486 g/mol. The number of morpholine rings is 1. The second kappa shape index (κ2) is 11.9. The van der Waals surface area contributed by atoms with Gasteiger partial charge in [-0.3, -0.25) is 9.89 Å². The van der Waals surface area contributed by atoms with E-state index in [4.69, 9.17) is 9.73 Å². The van der Waals surface area contributed by atoms with Gasteiger partial charge < -0.3 is 15.0 Å². The Bertz CT molecular complexity index is 563. The van der Waals surface area contributed by atoms with Crippen molar-refractivity contribution in [1.82, 2.24) is 15.1 Å². The summed E-state index contributed by atoms with van der Waals surface area (Å²) in [6, 6.07) is 11.0. The maximum Gasteiger partial charge on any atom is 0.193 e. The molecule has 152 valence electrons. The van der Waals surface area contributed by atoms with Crippen LogP contribution in [-0.4, -0.2) is 74.8 Å². The molecule has 0 aromatic heterocycles. The molecule has 1 N–H and O–H groups in total. The molecule has 0 spiro atoms. The zero-order valence-electron chi connectivity index (χ0n) is 16.8. The summed E-state index contributed by atoms with van der Waals surface area (Å²) >= 11 is 0. The molecule has 0 bridgehead atoms. The molecule has 0 aliphatic carbocycles. The molecule has 1 aromatic carbocycles. The number of benzene rings is 1. The van der Waals surface area contributed by atoms with Gasteiger partial charge in [0.25, 0.3) is 0 Å². The molecule has 0 amide bonds. The summed E-state index contributed by atoms with van der Waals surface area (Å²) < 4.78 is 5.42. The van der Waals surface area contributed by atoms with Gasteiger partial charge in [-0.2, -0.15) is 0 Å². The van der Waals surface area contributed by atoms with E-state index in [1.54, 1.807) is 0 Å². The van der Waals surface area contributed by atoms with E-state index in [1.165, 1.54) is 12.0 Å². The first-order valence-corrected chi connectivity index (χ1v) is 10.2. The Labute approximate surface area is 181 Å². The van der Waals surface area contributed by atoms with Crippen LogP contribution in [0.15, 0.2) is 35.3 Å². The van der Waals surface area contributed by atoms with Gasteiger partial charge in [-0.1, -0.05) is 37.3 Å². The highest BCUT2D eigenvalue weighted by Gasteiger charge is 2.28. The highest BCUT2D eigenvalue weighted by molar-refractivity contribution is 14.0. The summed E-state index contributed by atoms with van der Waals surface area (Å²) in [6.45, 7) is 13.3. The second-order valence-electron chi connectivity index (χ2n) is 7.42. The van der Waals surface area contributed by atoms with Gasteiger partial charge in [0.15, 0.2) is 5.96 Å².